The number of likely N-dealkylation sites (tertiary alicyclic amines) is 1. The topological polar surface area (TPSA) is 47.0 Å². The first kappa shape index (κ1) is 19.2. The van der Waals surface area contributed by atoms with E-state index in [0.29, 0.717) is 31.5 Å². The molecule has 0 spiro atoms. The molecular weight excluding hydrogens is 326 g/mol. The Labute approximate surface area is 157 Å². The lowest BCUT2D eigenvalue weighted by molar-refractivity contribution is 0.0765. The maximum absolute atomic E-state index is 13.2. The van der Waals surface area contributed by atoms with Gasteiger partial charge in [-0.25, -0.2) is 0 Å². The van der Waals surface area contributed by atoms with Crippen molar-refractivity contribution in [2.75, 3.05) is 45.2 Å². The number of anilines is 1. The Bertz CT molecular complexity index is 636. The van der Waals surface area contributed by atoms with Crippen LogP contribution < -0.4 is 4.90 Å². The largest absolute Gasteiger partial charge is 0.391 e. The van der Waals surface area contributed by atoms with E-state index in [0.717, 1.165) is 37.2 Å². The summed E-state index contributed by atoms with van der Waals surface area (Å²) in [6.45, 7) is 7.37. The van der Waals surface area contributed by atoms with Gasteiger partial charge in [0.15, 0.2) is 0 Å². The van der Waals surface area contributed by atoms with Gasteiger partial charge < -0.3 is 19.8 Å². The normalized spacial score (nSPS) is 21.9. The minimum absolute atomic E-state index is 0.0637. The molecule has 1 N–H and O–H groups in total. The van der Waals surface area contributed by atoms with Gasteiger partial charge in [-0.2, -0.15) is 0 Å². The Balaban J connectivity index is 1.86. The first-order chi connectivity index (χ1) is 12.4. The van der Waals surface area contributed by atoms with E-state index >= 15 is 0 Å². The summed E-state index contributed by atoms with van der Waals surface area (Å²) >= 11 is 0. The quantitative estimate of drug-likeness (QED) is 0.897. The number of hydrogen-bond donors (Lipinski definition) is 1. The highest BCUT2D eigenvalue weighted by molar-refractivity contribution is 6.00. The van der Waals surface area contributed by atoms with Crippen molar-refractivity contribution in [1.82, 2.24) is 9.80 Å². The molecule has 5 nitrogen and oxygen atoms in total. The van der Waals surface area contributed by atoms with Crippen molar-refractivity contribution in [2.45, 2.75) is 51.2 Å². The number of piperidine rings is 1. The summed E-state index contributed by atoms with van der Waals surface area (Å²) in [5, 5.41) is 9.83. The summed E-state index contributed by atoms with van der Waals surface area (Å²) in [5.41, 5.74) is 3.05. The van der Waals surface area contributed by atoms with Crippen molar-refractivity contribution in [1.29, 1.82) is 0 Å². The van der Waals surface area contributed by atoms with E-state index in [1.807, 2.05) is 0 Å². The number of aliphatic hydroxyl groups excluding tert-OH is 1. The maximum Gasteiger partial charge on any atom is 0.256 e. The molecule has 144 valence electrons. The number of carbonyl (C=O) groups is 1. The van der Waals surface area contributed by atoms with Gasteiger partial charge in [-0.1, -0.05) is 19.9 Å². The molecule has 2 saturated heterocycles. The average Bonchev–Trinajstić information content (AvgIpc) is 3.07. The minimum atomic E-state index is -0.383. The highest BCUT2D eigenvalue weighted by Gasteiger charge is 2.29. The summed E-state index contributed by atoms with van der Waals surface area (Å²) in [4.78, 5) is 19.7. The highest BCUT2D eigenvalue weighted by atomic mass is 16.3. The SMILES string of the molecule is CC(C)c1ccc(N2CCC(N(C)C)CC2)c(C(=O)N2CCC(O)C2)c1. The lowest BCUT2D eigenvalue weighted by atomic mass is 9.97. The molecular formula is C21H33N3O2. The van der Waals surface area contributed by atoms with Crippen LogP contribution in [0.25, 0.3) is 0 Å². The second kappa shape index (κ2) is 7.97. The fourth-order valence-electron chi connectivity index (χ4n) is 4.08. The molecule has 1 amide bonds. The van der Waals surface area contributed by atoms with E-state index in [2.05, 4.69) is 55.9 Å². The molecule has 1 aromatic rings. The van der Waals surface area contributed by atoms with Crippen LogP contribution in [0, 0.1) is 0 Å². The van der Waals surface area contributed by atoms with Crippen LogP contribution in [0.5, 0.6) is 0 Å². The van der Waals surface area contributed by atoms with Crippen molar-refractivity contribution in [2.24, 2.45) is 0 Å². The van der Waals surface area contributed by atoms with E-state index in [4.69, 9.17) is 0 Å². The van der Waals surface area contributed by atoms with Crippen LogP contribution in [0.3, 0.4) is 0 Å². The summed E-state index contributed by atoms with van der Waals surface area (Å²) in [6, 6.07) is 6.98. The van der Waals surface area contributed by atoms with Crippen LogP contribution in [0.4, 0.5) is 5.69 Å². The molecule has 0 saturated carbocycles. The van der Waals surface area contributed by atoms with E-state index in [-0.39, 0.29) is 12.0 Å². The Morgan fingerprint density at radius 1 is 1.15 bits per heavy atom. The van der Waals surface area contributed by atoms with Gasteiger partial charge in [0.05, 0.1) is 11.7 Å². The molecule has 1 aromatic carbocycles. The van der Waals surface area contributed by atoms with Crippen LogP contribution in [0.2, 0.25) is 0 Å². The van der Waals surface area contributed by atoms with Crippen LogP contribution in [0.15, 0.2) is 18.2 Å². The summed E-state index contributed by atoms with van der Waals surface area (Å²) < 4.78 is 0. The summed E-state index contributed by atoms with van der Waals surface area (Å²) in [5.74, 6) is 0.452. The van der Waals surface area contributed by atoms with E-state index in [1.54, 1.807) is 4.90 Å². The van der Waals surface area contributed by atoms with Gasteiger partial charge in [-0.3, -0.25) is 4.79 Å². The number of benzene rings is 1. The lowest BCUT2D eigenvalue weighted by Gasteiger charge is -2.37. The Hall–Kier alpha value is -1.59. The molecule has 1 atom stereocenters. The van der Waals surface area contributed by atoms with Crippen LogP contribution in [-0.4, -0.2) is 73.2 Å². The van der Waals surface area contributed by atoms with Crippen molar-refractivity contribution < 1.29 is 9.90 Å². The van der Waals surface area contributed by atoms with E-state index in [1.165, 1.54) is 5.56 Å². The van der Waals surface area contributed by atoms with Crippen molar-refractivity contribution in [3.8, 4) is 0 Å². The van der Waals surface area contributed by atoms with Gasteiger partial charge in [-0.05, 0) is 57.0 Å². The summed E-state index contributed by atoms with van der Waals surface area (Å²) in [6.07, 6.45) is 2.54. The predicted molar refractivity (Wildman–Crippen MR) is 106 cm³/mol. The average molecular weight is 360 g/mol. The lowest BCUT2D eigenvalue weighted by Crippen LogP contribution is -2.42. The van der Waals surface area contributed by atoms with Gasteiger partial charge in [0, 0.05) is 37.9 Å². The number of amides is 1. The third kappa shape index (κ3) is 4.04. The summed E-state index contributed by atoms with van der Waals surface area (Å²) in [7, 11) is 4.29. The fourth-order valence-corrected chi connectivity index (χ4v) is 4.08. The van der Waals surface area contributed by atoms with Crippen LogP contribution >= 0.6 is 0 Å². The van der Waals surface area contributed by atoms with E-state index in [9.17, 15) is 9.90 Å². The number of nitrogens with zero attached hydrogens (tertiary/aromatic N) is 3. The Morgan fingerprint density at radius 3 is 2.38 bits per heavy atom. The van der Waals surface area contributed by atoms with Gasteiger partial charge >= 0.3 is 0 Å². The monoisotopic (exact) mass is 359 g/mol. The molecule has 1 unspecified atom stereocenters. The standard InChI is InChI=1S/C21H33N3O2/c1-15(2)16-5-6-20(23-10-7-17(8-11-23)22(3)4)19(13-16)21(26)24-12-9-18(25)14-24/h5-6,13,15,17-18,25H,7-12,14H2,1-4H3. The zero-order valence-corrected chi connectivity index (χ0v) is 16.6. The molecule has 2 aliphatic heterocycles. The predicted octanol–water partition coefficient (Wildman–Crippen LogP) is 2.55. The molecule has 0 aromatic heterocycles. The Morgan fingerprint density at radius 2 is 1.85 bits per heavy atom. The molecule has 3 rings (SSSR count). The second-order valence-electron chi connectivity index (χ2n) is 8.31. The smallest absolute Gasteiger partial charge is 0.256 e. The molecule has 2 aliphatic rings. The number of carbonyl (C=O) groups excluding carboxylic acids is 1. The maximum atomic E-state index is 13.2. The number of aliphatic hydroxyl groups is 1. The Kier molecular flexibility index (Phi) is 5.88. The minimum Gasteiger partial charge on any atom is -0.391 e. The number of β-amino-alcohol motifs (C(OH)–C–C–N with tert-alkyl or cyclic N) is 1. The molecule has 5 heteroatoms. The molecule has 2 heterocycles. The fraction of sp³-hybridized carbons (Fsp3) is 0.667. The molecule has 26 heavy (non-hydrogen) atoms. The number of hydrogen-bond acceptors (Lipinski definition) is 4. The third-order valence-electron chi connectivity index (χ3n) is 5.90. The number of rotatable bonds is 4. The van der Waals surface area contributed by atoms with Crippen LogP contribution in [0.1, 0.15) is 54.9 Å². The van der Waals surface area contributed by atoms with Gasteiger partial charge in [0.2, 0.25) is 0 Å². The highest BCUT2D eigenvalue weighted by Crippen LogP contribution is 2.30. The van der Waals surface area contributed by atoms with Crippen molar-refractivity contribution in [3.63, 3.8) is 0 Å². The van der Waals surface area contributed by atoms with Gasteiger partial charge in [0.1, 0.15) is 0 Å². The first-order valence-corrected chi connectivity index (χ1v) is 9.89. The molecule has 0 radical (unpaired) electrons. The molecule has 2 fully saturated rings. The molecule has 0 bridgehead atoms. The first-order valence-electron chi connectivity index (χ1n) is 9.89. The van der Waals surface area contributed by atoms with Crippen molar-refractivity contribution >= 4 is 11.6 Å². The third-order valence-corrected chi connectivity index (χ3v) is 5.90. The van der Waals surface area contributed by atoms with E-state index < -0.39 is 0 Å². The van der Waals surface area contributed by atoms with Gasteiger partial charge in [-0.15, -0.1) is 0 Å². The zero-order chi connectivity index (χ0) is 18.8. The zero-order valence-electron chi connectivity index (χ0n) is 16.6. The van der Waals surface area contributed by atoms with Crippen molar-refractivity contribution in [3.05, 3.63) is 29.3 Å². The second-order valence-corrected chi connectivity index (χ2v) is 8.31. The van der Waals surface area contributed by atoms with Crippen LogP contribution in [-0.2, 0) is 0 Å². The molecule has 0 aliphatic carbocycles. The van der Waals surface area contributed by atoms with Gasteiger partial charge in [0.25, 0.3) is 5.91 Å².